The second-order valence-electron chi connectivity index (χ2n) is 3.42. The maximum absolute atomic E-state index is 5.73. The van der Waals surface area contributed by atoms with Gasteiger partial charge in [0.2, 0.25) is 0 Å². The van der Waals surface area contributed by atoms with E-state index in [1.54, 1.807) is 7.11 Å². The van der Waals surface area contributed by atoms with Crippen LogP contribution in [0.25, 0.3) is 0 Å². The van der Waals surface area contributed by atoms with Gasteiger partial charge in [0.25, 0.3) is 0 Å². The highest BCUT2D eigenvalue weighted by atomic mass is 16.7. The van der Waals surface area contributed by atoms with E-state index >= 15 is 0 Å². The summed E-state index contributed by atoms with van der Waals surface area (Å²) in [6, 6.07) is 0.362. The third kappa shape index (κ3) is 4.34. The summed E-state index contributed by atoms with van der Waals surface area (Å²) < 4.78 is 15.3. The molecule has 1 unspecified atom stereocenters. The van der Waals surface area contributed by atoms with Gasteiger partial charge < -0.3 is 14.2 Å². The van der Waals surface area contributed by atoms with Crippen LogP contribution < -0.4 is 5.84 Å². The highest BCUT2D eigenvalue weighted by Gasteiger charge is 2.21. The third-order valence-corrected chi connectivity index (χ3v) is 2.33. The van der Waals surface area contributed by atoms with E-state index in [1.165, 1.54) is 0 Å². The number of nitrogens with zero attached hydrogens (tertiary/aromatic N) is 1. The summed E-state index contributed by atoms with van der Waals surface area (Å²) in [5, 5.41) is 1.84. The third-order valence-electron chi connectivity index (χ3n) is 2.33. The smallest absolute Gasteiger partial charge is 0.146 e. The van der Waals surface area contributed by atoms with Crippen LogP contribution in [0.4, 0.5) is 0 Å². The van der Waals surface area contributed by atoms with Crippen molar-refractivity contribution in [2.45, 2.75) is 18.9 Å². The van der Waals surface area contributed by atoms with Gasteiger partial charge in [-0.3, -0.25) is 5.84 Å². The molecule has 1 atom stereocenters. The summed E-state index contributed by atoms with van der Waals surface area (Å²) in [5.74, 6) is 5.73. The lowest BCUT2D eigenvalue weighted by molar-refractivity contribution is -0.0769. The molecule has 0 spiro atoms. The zero-order valence-electron chi connectivity index (χ0n) is 8.78. The zero-order valence-corrected chi connectivity index (χ0v) is 8.78. The van der Waals surface area contributed by atoms with Crippen LogP contribution in [0.3, 0.4) is 0 Å². The lowest BCUT2D eigenvalue weighted by Gasteiger charge is -2.18. The van der Waals surface area contributed by atoms with Gasteiger partial charge in [-0.25, -0.2) is 5.01 Å². The standard InChI is InChI=1S/C9H20N2O3/c1-12-5-6-13-8-14-7-9-3-2-4-11(9)10/h9H,2-8,10H2,1H3. The predicted molar refractivity (Wildman–Crippen MR) is 52.6 cm³/mol. The van der Waals surface area contributed by atoms with Crippen LogP contribution in [0.5, 0.6) is 0 Å². The first kappa shape index (κ1) is 11.9. The first-order chi connectivity index (χ1) is 6.84. The van der Waals surface area contributed by atoms with Gasteiger partial charge in [-0.1, -0.05) is 0 Å². The zero-order chi connectivity index (χ0) is 10.2. The Morgan fingerprint density at radius 1 is 1.36 bits per heavy atom. The Morgan fingerprint density at radius 2 is 2.21 bits per heavy atom. The van der Waals surface area contributed by atoms with E-state index < -0.39 is 0 Å². The fourth-order valence-electron chi connectivity index (χ4n) is 1.48. The van der Waals surface area contributed by atoms with Crippen LogP contribution >= 0.6 is 0 Å². The van der Waals surface area contributed by atoms with E-state index in [0.29, 0.717) is 32.7 Å². The van der Waals surface area contributed by atoms with Crippen LogP contribution in [0.1, 0.15) is 12.8 Å². The SMILES string of the molecule is COCCOCOCC1CCCN1N. The summed E-state index contributed by atoms with van der Waals surface area (Å²) in [7, 11) is 1.65. The normalized spacial score (nSPS) is 23.1. The first-order valence-electron chi connectivity index (χ1n) is 5.00. The number of methoxy groups -OCH3 is 1. The lowest BCUT2D eigenvalue weighted by Crippen LogP contribution is -2.38. The Labute approximate surface area is 85.1 Å². The van der Waals surface area contributed by atoms with Gasteiger partial charge in [0.05, 0.1) is 19.8 Å². The van der Waals surface area contributed by atoms with Gasteiger partial charge in [0, 0.05) is 19.7 Å². The molecule has 1 rings (SSSR count). The van der Waals surface area contributed by atoms with Crippen molar-refractivity contribution in [1.29, 1.82) is 0 Å². The fourth-order valence-corrected chi connectivity index (χ4v) is 1.48. The molecule has 0 aromatic heterocycles. The number of hydrazine groups is 1. The number of hydrogen-bond donors (Lipinski definition) is 1. The Balaban J connectivity index is 1.88. The molecular weight excluding hydrogens is 184 g/mol. The highest BCUT2D eigenvalue weighted by Crippen LogP contribution is 2.12. The maximum Gasteiger partial charge on any atom is 0.146 e. The molecule has 0 amide bonds. The van der Waals surface area contributed by atoms with Gasteiger partial charge in [0.15, 0.2) is 0 Å². The summed E-state index contributed by atoms with van der Waals surface area (Å²) in [6.45, 7) is 3.14. The van der Waals surface area contributed by atoms with E-state index in [9.17, 15) is 0 Å². The van der Waals surface area contributed by atoms with Crippen molar-refractivity contribution < 1.29 is 14.2 Å². The van der Waals surface area contributed by atoms with E-state index in [0.717, 1.165) is 19.4 Å². The van der Waals surface area contributed by atoms with Crippen LogP contribution in [0.2, 0.25) is 0 Å². The van der Waals surface area contributed by atoms with Crippen molar-refractivity contribution in [2.24, 2.45) is 5.84 Å². The first-order valence-corrected chi connectivity index (χ1v) is 5.00. The molecule has 5 heteroatoms. The Bertz CT molecular complexity index is 146. The summed E-state index contributed by atoms with van der Waals surface area (Å²) >= 11 is 0. The summed E-state index contributed by atoms with van der Waals surface area (Å²) in [5.41, 5.74) is 0. The molecule has 1 fully saturated rings. The molecule has 0 radical (unpaired) electrons. The molecule has 0 aromatic carbocycles. The average Bonchev–Trinajstić information content (AvgIpc) is 2.58. The molecule has 14 heavy (non-hydrogen) atoms. The van der Waals surface area contributed by atoms with Crippen molar-refractivity contribution in [1.82, 2.24) is 5.01 Å². The quantitative estimate of drug-likeness (QED) is 0.358. The lowest BCUT2D eigenvalue weighted by atomic mass is 10.2. The van der Waals surface area contributed by atoms with E-state index in [1.807, 2.05) is 5.01 Å². The van der Waals surface area contributed by atoms with Crippen molar-refractivity contribution in [2.75, 3.05) is 40.3 Å². The molecule has 1 aliphatic heterocycles. The van der Waals surface area contributed by atoms with Gasteiger partial charge in [0.1, 0.15) is 6.79 Å². The van der Waals surface area contributed by atoms with Gasteiger partial charge >= 0.3 is 0 Å². The van der Waals surface area contributed by atoms with Gasteiger partial charge in [-0.2, -0.15) is 0 Å². The Kier molecular flexibility index (Phi) is 6.05. The monoisotopic (exact) mass is 204 g/mol. The molecule has 1 saturated heterocycles. The van der Waals surface area contributed by atoms with Crippen LogP contribution in [-0.2, 0) is 14.2 Å². The summed E-state index contributed by atoms with van der Waals surface area (Å²) in [4.78, 5) is 0. The van der Waals surface area contributed by atoms with Crippen molar-refractivity contribution in [3.63, 3.8) is 0 Å². The van der Waals surface area contributed by atoms with E-state index in [2.05, 4.69) is 0 Å². The average molecular weight is 204 g/mol. The highest BCUT2D eigenvalue weighted by molar-refractivity contribution is 4.73. The van der Waals surface area contributed by atoms with Crippen molar-refractivity contribution >= 4 is 0 Å². The van der Waals surface area contributed by atoms with Crippen molar-refractivity contribution in [3.8, 4) is 0 Å². The van der Waals surface area contributed by atoms with Crippen molar-refractivity contribution in [3.05, 3.63) is 0 Å². The summed E-state index contributed by atoms with van der Waals surface area (Å²) in [6.07, 6.45) is 2.28. The number of rotatable bonds is 7. The van der Waals surface area contributed by atoms with Gasteiger partial charge in [-0.05, 0) is 12.8 Å². The molecule has 2 N–H and O–H groups in total. The Morgan fingerprint density at radius 3 is 2.86 bits per heavy atom. The minimum Gasteiger partial charge on any atom is -0.382 e. The predicted octanol–water partition coefficient (Wildman–Crippen LogP) is -0.0384. The molecule has 0 saturated carbocycles. The molecule has 1 heterocycles. The number of ether oxygens (including phenoxy) is 3. The number of nitrogens with two attached hydrogens (primary N) is 1. The number of hydrogen-bond acceptors (Lipinski definition) is 5. The molecular formula is C9H20N2O3. The molecule has 0 bridgehead atoms. The molecule has 0 aliphatic carbocycles. The second kappa shape index (κ2) is 7.14. The molecule has 0 aromatic rings. The molecule has 84 valence electrons. The molecule has 1 aliphatic rings. The van der Waals surface area contributed by atoms with Crippen LogP contribution in [0, 0.1) is 0 Å². The fraction of sp³-hybridized carbons (Fsp3) is 1.00. The molecule has 5 nitrogen and oxygen atoms in total. The maximum atomic E-state index is 5.73. The second-order valence-corrected chi connectivity index (χ2v) is 3.42. The van der Waals surface area contributed by atoms with E-state index in [-0.39, 0.29) is 0 Å². The Hall–Kier alpha value is -0.200. The minimum absolute atomic E-state index is 0.327. The van der Waals surface area contributed by atoms with Crippen LogP contribution in [-0.4, -0.2) is 51.3 Å². The van der Waals surface area contributed by atoms with Crippen LogP contribution in [0.15, 0.2) is 0 Å². The largest absolute Gasteiger partial charge is 0.382 e. The minimum atomic E-state index is 0.327. The topological polar surface area (TPSA) is 57.0 Å². The van der Waals surface area contributed by atoms with E-state index in [4.69, 9.17) is 20.1 Å². The van der Waals surface area contributed by atoms with Gasteiger partial charge in [-0.15, -0.1) is 0 Å².